The Balaban J connectivity index is 1.28. The summed E-state index contributed by atoms with van der Waals surface area (Å²) in [5.74, 6) is 2.08. The van der Waals surface area contributed by atoms with Gasteiger partial charge in [-0.1, -0.05) is 5.16 Å². The minimum absolute atomic E-state index is 0.0480. The molecule has 1 amide bonds. The molecular formula is C15H15N7O3. The molecule has 0 radical (unpaired) electrons. The standard InChI is InChI=1S/C15H15N7O3/c23-14(7-22-9-16-20-21-22)17-11-3-5-12(6-4-11)24-8-13-18-15(25-19-13)10-1-2-10/h3-6,9-10H,1-2,7-8H2,(H,17,23). The molecule has 1 aliphatic carbocycles. The van der Waals surface area contributed by atoms with Gasteiger partial charge in [-0.05, 0) is 47.5 Å². The van der Waals surface area contributed by atoms with Crippen LogP contribution in [0.4, 0.5) is 5.69 Å². The Kier molecular flexibility index (Phi) is 4.07. The predicted octanol–water partition coefficient (Wildman–Crippen LogP) is 1.15. The van der Waals surface area contributed by atoms with Crippen molar-refractivity contribution in [3.05, 3.63) is 42.3 Å². The molecule has 1 saturated carbocycles. The first kappa shape index (κ1) is 15.2. The normalized spacial score (nSPS) is 13.6. The molecule has 0 saturated heterocycles. The molecule has 10 heteroatoms. The second-order valence-corrected chi connectivity index (χ2v) is 5.69. The van der Waals surface area contributed by atoms with E-state index < -0.39 is 0 Å². The van der Waals surface area contributed by atoms with Crippen LogP contribution >= 0.6 is 0 Å². The number of carbonyl (C=O) groups is 1. The Morgan fingerprint density at radius 3 is 2.88 bits per heavy atom. The molecule has 1 N–H and O–H groups in total. The van der Waals surface area contributed by atoms with Gasteiger partial charge in [0.05, 0.1) is 0 Å². The number of hydrogen-bond acceptors (Lipinski definition) is 8. The molecule has 128 valence electrons. The number of benzene rings is 1. The van der Waals surface area contributed by atoms with Gasteiger partial charge in [0.2, 0.25) is 17.6 Å². The van der Waals surface area contributed by atoms with Gasteiger partial charge in [0, 0.05) is 11.6 Å². The summed E-state index contributed by atoms with van der Waals surface area (Å²) in [5, 5.41) is 17.2. The van der Waals surface area contributed by atoms with Gasteiger partial charge in [-0.25, -0.2) is 4.68 Å². The molecule has 0 aliphatic heterocycles. The second kappa shape index (κ2) is 6.67. The van der Waals surface area contributed by atoms with E-state index in [-0.39, 0.29) is 19.1 Å². The topological polar surface area (TPSA) is 121 Å². The molecule has 3 aromatic rings. The Morgan fingerprint density at radius 1 is 1.32 bits per heavy atom. The SMILES string of the molecule is O=C(Cn1cnnn1)Nc1ccc(OCc2noc(C3CC3)n2)cc1. The van der Waals surface area contributed by atoms with Crippen LogP contribution < -0.4 is 10.1 Å². The Hall–Kier alpha value is -3.30. The van der Waals surface area contributed by atoms with E-state index in [1.54, 1.807) is 24.3 Å². The first-order valence-electron chi connectivity index (χ1n) is 7.82. The van der Waals surface area contributed by atoms with Crippen LogP contribution in [0.1, 0.15) is 30.5 Å². The highest BCUT2D eigenvalue weighted by Crippen LogP contribution is 2.38. The van der Waals surface area contributed by atoms with E-state index in [1.165, 1.54) is 11.0 Å². The fourth-order valence-electron chi connectivity index (χ4n) is 2.20. The number of hydrogen-bond donors (Lipinski definition) is 1. The highest BCUT2D eigenvalue weighted by atomic mass is 16.5. The highest BCUT2D eigenvalue weighted by molar-refractivity contribution is 5.90. The molecule has 25 heavy (non-hydrogen) atoms. The maximum Gasteiger partial charge on any atom is 0.246 e. The van der Waals surface area contributed by atoms with Crippen molar-refractivity contribution in [1.82, 2.24) is 30.3 Å². The van der Waals surface area contributed by atoms with E-state index in [0.717, 1.165) is 12.8 Å². The van der Waals surface area contributed by atoms with Crippen LogP contribution in [-0.2, 0) is 17.9 Å². The summed E-state index contributed by atoms with van der Waals surface area (Å²) >= 11 is 0. The summed E-state index contributed by atoms with van der Waals surface area (Å²) in [5.41, 5.74) is 0.654. The lowest BCUT2D eigenvalue weighted by Crippen LogP contribution is -2.19. The molecule has 0 bridgehead atoms. The number of carbonyl (C=O) groups excluding carboxylic acids is 1. The number of nitrogens with zero attached hydrogens (tertiary/aromatic N) is 6. The molecular weight excluding hydrogens is 326 g/mol. The number of anilines is 1. The molecule has 1 fully saturated rings. The van der Waals surface area contributed by atoms with Crippen LogP contribution in [0.2, 0.25) is 0 Å². The number of ether oxygens (including phenoxy) is 1. The van der Waals surface area contributed by atoms with E-state index in [0.29, 0.717) is 29.1 Å². The van der Waals surface area contributed by atoms with Crippen molar-refractivity contribution in [2.24, 2.45) is 0 Å². The van der Waals surface area contributed by atoms with Crippen molar-refractivity contribution in [1.29, 1.82) is 0 Å². The van der Waals surface area contributed by atoms with Crippen molar-refractivity contribution in [3.63, 3.8) is 0 Å². The van der Waals surface area contributed by atoms with E-state index in [2.05, 4.69) is 31.0 Å². The average molecular weight is 341 g/mol. The quantitative estimate of drug-likeness (QED) is 0.679. The van der Waals surface area contributed by atoms with Crippen molar-refractivity contribution in [3.8, 4) is 5.75 Å². The van der Waals surface area contributed by atoms with E-state index in [1.807, 2.05) is 0 Å². The summed E-state index contributed by atoms with van der Waals surface area (Å²) in [4.78, 5) is 16.2. The molecule has 2 heterocycles. The summed E-state index contributed by atoms with van der Waals surface area (Å²) in [6, 6.07) is 7.01. The first-order valence-corrected chi connectivity index (χ1v) is 7.82. The molecule has 1 aliphatic rings. The lowest BCUT2D eigenvalue weighted by Gasteiger charge is -2.07. The van der Waals surface area contributed by atoms with Gasteiger partial charge < -0.3 is 14.6 Å². The van der Waals surface area contributed by atoms with Crippen LogP contribution in [0.15, 0.2) is 35.1 Å². The molecule has 0 atom stereocenters. The summed E-state index contributed by atoms with van der Waals surface area (Å²) in [6.07, 6.45) is 3.61. The Bertz CT molecular complexity index is 840. The smallest absolute Gasteiger partial charge is 0.246 e. The van der Waals surface area contributed by atoms with Gasteiger partial charge in [0.15, 0.2) is 6.61 Å². The van der Waals surface area contributed by atoms with Crippen LogP contribution in [0.3, 0.4) is 0 Å². The number of rotatable bonds is 7. The largest absolute Gasteiger partial charge is 0.485 e. The Morgan fingerprint density at radius 2 is 2.16 bits per heavy atom. The molecule has 0 unspecified atom stereocenters. The average Bonchev–Trinajstić information content (AvgIpc) is 3.14. The van der Waals surface area contributed by atoms with Crippen LogP contribution in [0, 0.1) is 0 Å². The fraction of sp³-hybridized carbons (Fsp3) is 0.333. The number of nitrogens with one attached hydrogen (secondary N) is 1. The van der Waals surface area contributed by atoms with Gasteiger partial charge in [-0.2, -0.15) is 4.98 Å². The van der Waals surface area contributed by atoms with Crippen LogP contribution in [0.25, 0.3) is 0 Å². The first-order chi connectivity index (χ1) is 12.3. The van der Waals surface area contributed by atoms with Crippen molar-refractivity contribution < 1.29 is 14.1 Å². The predicted molar refractivity (Wildman–Crippen MR) is 83.5 cm³/mol. The minimum Gasteiger partial charge on any atom is -0.485 e. The van der Waals surface area contributed by atoms with E-state index in [4.69, 9.17) is 9.26 Å². The lowest BCUT2D eigenvalue weighted by molar-refractivity contribution is -0.116. The van der Waals surface area contributed by atoms with Crippen LogP contribution in [-0.4, -0.2) is 36.3 Å². The maximum atomic E-state index is 11.9. The molecule has 2 aromatic heterocycles. The lowest BCUT2D eigenvalue weighted by atomic mass is 10.3. The summed E-state index contributed by atoms with van der Waals surface area (Å²) in [7, 11) is 0. The van der Waals surface area contributed by atoms with Gasteiger partial charge in [0.25, 0.3) is 0 Å². The third-order valence-corrected chi connectivity index (χ3v) is 3.61. The third kappa shape index (κ3) is 3.97. The highest BCUT2D eigenvalue weighted by Gasteiger charge is 2.29. The van der Waals surface area contributed by atoms with Gasteiger partial charge in [-0.3, -0.25) is 4.79 Å². The minimum atomic E-state index is -0.222. The van der Waals surface area contributed by atoms with Gasteiger partial charge in [-0.15, -0.1) is 5.10 Å². The zero-order valence-corrected chi connectivity index (χ0v) is 13.2. The van der Waals surface area contributed by atoms with Crippen molar-refractivity contribution >= 4 is 11.6 Å². The Labute approximate surface area is 142 Å². The number of aromatic nitrogens is 6. The second-order valence-electron chi connectivity index (χ2n) is 5.69. The molecule has 10 nitrogen and oxygen atoms in total. The molecule has 0 spiro atoms. The van der Waals surface area contributed by atoms with Crippen molar-refractivity contribution in [2.45, 2.75) is 31.9 Å². The van der Waals surface area contributed by atoms with Crippen LogP contribution in [0.5, 0.6) is 5.75 Å². The van der Waals surface area contributed by atoms with E-state index >= 15 is 0 Å². The molecule has 4 rings (SSSR count). The van der Waals surface area contributed by atoms with Gasteiger partial charge in [0.1, 0.15) is 18.6 Å². The van der Waals surface area contributed by atoms with Crippen molar-refractivity contribution in [2.75, 3.05) is 5.32 Å². The summed E-state index contributed by atoms with van der Waals surface area (Å²) in [6.45, 7) is 0.285. The zero-order chi connectivity index (χ0) is 17.1. The number of amides is 1. The maximum absolute atomic E-state index is 11.9. The molecule has 1 aromatic carbocycles. The summed E-state index contributed by atoms with van der Waals surface area (Å²) < 4.78 is 12.1. The fourth-order valence-corrected chi connectivity index (χ4v) is 2.20. The number of tetrazole rings is 1. The van der Waals surface area contributed by atoms with E-state index in [9.17, 15) is 4.79 Å². The third-order valence-electron chi connectivity index (χ3n) is 3.61. The monoisotopic (exact) mass is 341 g/mol. The van der Waals surface area contributed by atoms with Gasteiger partial charge >= 0.3 is 0 Å². The zero-order valence-electron chi connectivity index (χ0n) is 13.2.